The molecule has 4 bridgehead atoms. The molecule has 1 unspecified atom stereocenters. The van der Waals surface area contributed by atoms with Crippen molar-refractivity contribution in [3.8, 4) is 11.5 Å². The summed E-state index contributed by atoms with van der Waals surface area (Å²) < 4.78 is 28.6. The second-order valence-electron chi connectivity index (χ2n) is 8.84. The molecule has 0 saturated heterocycles. The minimum Gasteiger partial charge on any atom is -0.490 e. The molecule has 4 aliphatic rings. The van der Waals surface area contributed by atoms with E-state index in [4.69, 9.17) is 14.0 Å². The molecule has 4 saturated carbocycles. The summed E-state index contributed by atoms with van der Waals surface area (Å²) in [7, 11) is -1.27. The molecule has 0 amide bonds. The SMILES string of the molecule is O=[PH2]Oc1cccc(C(OCCOc2ccccc2)=C2C3CC4CC(C3)CC2C4)c1. The van der Waals surface area contributed by atoms with E-state index >= 15 is 0 Å². The largest absolute Gasteiger partial charge is 0.490 e. The molecular weight excluding hydrogens is 395 g/mol. The highest BCUT2D eigenvalue weighted by Gasteiger charge is 2.46. The molecule has 0 aromatic heterocycles. The lowest BCUT2D eigenvalue weighted by atomic mass is 9.54. The number of ether oxygens (including phenoxy) is 2. The van der Waals surface area contributed by atoms with Gasteiger partial charge in [0.2, 0.25) is 8.69 Å². The molecule has 4 nitrogen and oxygen atoms in total. The Morgan fingerprint density at radius 2 is 1.53 bits per heavy atom. The highest BCUT2D eigenvalue weighted by molar-refractivity contribution is 7.17. The summed E-state index contributed by atoms with van der Waals surface area (Å²) in [5, 5.41) is 0. The minimum atomic E-state index is -1.27. The molecule has 0 aliphatic heterocycles. The lowest BCUT2D eigenvalue weighted by Crippen LogP contribution is -2.41. The third-order valence-electron chi connectivity index (χ3n) is 6.90. The fraction of sp³-hybridized carbons (Fsp3) is 0.440. The van der Waals surface area contributed by atoms with Crippen LogP contribution in [0, 0.1) is 23.7 Å². The monoisotopic (exact) mass is 424 g/mol. The molecule has 4 fully saturated rings. The molecule has 4 aliphatic carbocycles. The summed E-state index contributed by atoms with van der Waals surface area (Å²) in [6.07, 6.45) is 6.64. The maximum absolute atomic E-state index is 11.0. The van der Waals surface area contributed by atoms with Crippen LogP contribution in [0.25, 0.3) is 5.76 Å². The summed E-state index contributed by atoms with van der Waals surface area (Å²) in [4.78, 5) is 0. The van der Waals surface area contributed by atoms with Gasteiger partial charge in [-0.25, -0.2) is 0 Å². The van der Waals surface area contributed by atoms with Crippen LogP contribution in [-0.4, -0.2) is 13.2 Å². The van der Waals surface area contributed by atoms with Crippen LogP contribution in [0.4, 0.5) is 0 Å². The van der Waals surface area contributed by atoms with Gasteiger partial charge in [0.15, 0.2) is 0 Å². The van der Waals surface area contributed by atoms with Gasteiger partial charge >= 0.3 is 0 Å². The van der Waals surface area contributed by atoms with E-state index in [9.17, 15) is 4.57 Å². The van der Waals surface area contributed by atoms with Crippen molar-refractivity contribution in [2.45, 2.75) is 32.1 Å². The molecule has 6 rings (SSSR count). The van der Waals surface area contributed by atoms with Crippen molar-refractivity contribution >= 4 is 14.4 Å². The van der Waals surface area contributed by atoms with E-state index in [0.717, 1.165) is 28.9 Å². The van der Waals surface area contributed by atoms with Crippen LogP contribution in [-0.2, 0) is 9.30 Å². The fourth-order valence-electron chi connectivity index (χ4n) is 5.98. The van der Waals surface area contributed by atoms with E-state index in [1.165, 1.54) is 37.7 Å². The number of benzene rings is 2. The van der Waals surface area contributed by atoms with Crippen LogP contribution in [0.3, 0.4) is 0 Å². The number of rotatable bonds is 8. The van der Waals surface area contributed by atoms with Crippen molar-refractivity contribution in [2.24, 2.45) is 23.7 Å². The Labute approximate surface area is 179 Å². The summed E-state index contributed by atoms with van der Waals surface area (Å²) in [5.41, 5.74) is 2.54. The van der Waals surface area contributed by atoms with Gasteiger partial charge in [-0.2, -0.15) is 0 Å². The Bertz CT molecular complexity index is 894. The van der Waals surface area contributed by atoms with Crippen molar-refractivity contribution in [1.29, 1.82) is 0 Å². The first-order valence-corrected chi connectivity index (χ1v) is 12.0. The van der Waals surface area contributed by atoms with Crippen molar-refractivity contribution in [3.05, 3.63) is 65.7 Å². The number of para-hydroxylation sites is 1. The van der Waals surface area contributed by atoms with E-state index in [1.807, 2.05) is 48.5 Å². The summed E-state index contributed by atoms with van der Waals surface area (Å²) >= 11 is 0. The van der Waals surface area contributed by atoms with Gasteiger partial charge in [0.25, 0.3) is 0 Å². The van der Waals surface area contributed by atoms with Crippen molar-refractivity contribution in [2.75, 3.05) is 13.2 Å². The second-order valence-corrected chi connectivity index (χ2v) is 9.27. The van der Waals surface area contributed by atoms with Crippen LogP contribution >= 0.6 is 8.69 Å². The van der Waals surface area contributed by atoms with Gasteiger partial charge in [0, 0.05) is 5.56 Å². The van der Waals surface area contributed by atoms with Gasteiger partial charge in [-0.15, -0.1) is 0 Å². The molecule has 0 spiro atoms. The molecular formula is C25H29O4P. The first kappa shape index (κ1) is 19.8. The first-order valence-electron chi connectivity index (χ1n) is 11.1. The molecule has 1 atom stereocenters. The predicted octanol–water partition coefficient (Wildman–Crippen LogP) is 6.00. The van der Waals surface area contributed by atoms with Gasteiger partial charge in [-0.05, 0) is 85.6 Å². The number of hydrogen-bond donors (Lipinski definition) is 0. The van der Waals surface area contributed by atoms with E-state index < -0.39 is 8.69 Å². The first-order chi connectivity index (χ1) is 14.8. The fourth-order valence-corrected chi connectivity index (χ4v) is 6.24. The Hall–Kier alpha value is -2.19. The van der Waals surface area contributed by atoms with E-state index in [2.05, 4.69) is 6.07 Å². The Balaban J connectivity index is 1.39. The van der Waals surface area contributed by atoms with Gasteiger partial charge in [-0.1, -0.05) is 30.3 Å². The number of allylic oxidation sites excluding steroid dienone is 1. The molecule has 0 N–H and O–H groups in total. The van der Waals surface area contributed by atoms with Crippen molar-refractivity contribution in [1.82, 2.24) is 0 Å². The number of hydrogen-bond acceptors (Lipinski definition) is 4. The van der Waals surface area contributed by atoms with Gasteiger partial charge in [0.05, 0.1) is 0 Å². The third kappa shape index (κ3) is 4.16. The zero-order valence-electron chi connectivity index (χ0n) is 17.2. The smallest absolute Gasteiger partial charge is 0.225 e. The Morgan fingerprint density at radius 3 is 2.23 bits per heavy atom. The van der Waals surface area contributed by atoms with Gasteiger partial charge < -0.3 is 14.0 Å². The van der Waals surface area contributed by atoms with Crippen LogP contribution in [0.5, 0.6) is 11.5 Å². The lowest BCUT2D eigenvalue weighted by Gasteiger charge is -2.51. The van der Waals surface area contributed by atoms with Crippen molar-refractivity contribution < 1.29 is 18.6 Å². The predicted molar refractivity (Wildman–Crippen MR) is 119 cm³/mol. The molecule has 2 aromatic carbocycles. The lowest BCUT2D eigenvalue weighted by molar-refractivity contribution is 0.0658. The van der Waals surface area contributed by atoms with Crippen LogP contribution in [0.15, 0.2) is 60.2 Å². The molecule has 5 heteroatoms. The maximum Gasteiger partial charge on any atom is 0.225 e. The standard InChI is InChI=1S/C25H29O4P/c26-30-29-23-8-4-5-19(16-23)25(28-10-9-27-22-6-2-1-3-7-22)24-20-12-17-11-18(14-20)15-21(24)13-17/h1-8,16-18,20-21H,9-15,30H2. The zero-order valence-corrected chi connectivity index (χ0v) is 18.3. The van der Waals surface area contributed by atoms with Crippen molar-refractivity contribution in [3.63, 3.8) is 0 Å². The maximum atomic E-state index is 11.0. The van der Waals surface area contributed by atoms with Gasteiger partial charge in [-0.3, -0.25) is 4.57 Å². The minimum absolute atomic E-state index is 0.498. The van der Waals surface area contributed by atoms with Crippen LogP contribution in [0.2, 0.25) is 0 Å². The highest BCUT2D eigenvalue weighted by Crippen LogP contribution is 2.58. The van der Waals surface area contributed by atoms with E-state index in [1.54, 1.807) is 0 Å². The Kier molecular flexibility index (Phi) is 5.86. The van der Waals surface area contributed by atoms with Crippen LogP contribution < -0.4 is 9.26 Å². The van der Waals surface area contributed by atoms with E-state index in [-0.39, 0.29) is 0 Å². The summed E-state index contributed by atoms with van der Waals surface area (Å²) in [6, 6.07) is 17.7. The average molecular weight is 424 g/mol. The molecule has 158 valence electrons. The van der Waals surface area contributed by atoms with Gasteiger partial charge in [0.1, 0.15) is 30.5 Å². The molecule has 2 aromatic rings. The highest BCUT2D eigenvalue weighted by atomic mass is 31.1. The Morgan fingerprint density at radius 1 is 0.833 bits per heavy atom. The average Bonchev–Trinajstić information content (AvgIpc) is 2.75. The summed E-state index contributed by atoms with van der Waals surface area (Å²) in [5.74, 6) is 5.59. The molecule has 0 heterocycles. The van der Waals surface area contributed by atoms with E-state index in [0.29, 0.717) is 30.8 Å². The summed E-state index contributed by atoms with van der Waals surface area (Å²) in [6.45, 7) is 1.00. The molecule has 30 heavy (non-hydrogen) atoms. The topological polar surface area (TPSA) is 44.8 Å². The third-order valence-corrected chi connectivity index (χ3v) is 7.27. The van der Waals surface area contributed by atoms with Crippen LogP contribution in [0.1, 0.15) is 37.7 Å². The second kappa shape index (κ2) is 8.89. The quantitative estimate of drug-likeness (QED) is 0.296. The normalized spacial score (nSPS) is 26.9. The zero-order chi connectivity index (χ0) is 20.3. The molecule has 0 radical (unpaired) electrons.